The fourth-order valence-electron chi connectivity index (χ4n) is 2.39. The van der Waals surface area contributed by atoms with Gasteiger partial charge in [-0.3, -0.25) is 0 Å². The smallest absolute Gasteiger partial charge is 0.323 e. The maximum atomic E-state index is 12.0. The number of halogens is 1. The lowest BCUT2D eigenvalue weighted by Gasteiger charge is -2.12. The highest BCUT2D eigenvalue weighted by atomic mass is 35.5. The standard InChI is InChI=1S/C20H18ClN3O2/c1-26-19-12-7-14(21)13-18(19)22-16-8-10-17(11-9-16)24-20(25)23-15-5-3-2-4-6-15/h2-13,22H,1H3,(H2,23,24,25). The summed E-state index contributed by atoms with van der Waals surface area (Å²) in [5.41, 5.74) is 3.03. The molecule has 3 rings (SSSR count). The minimum absolute atomic E-state index is 0.298. The predicted octanol–water partition coefficient (Wildman–Crippen LogP) is 5.74. The number of urea groups is 1. The molecule has 3 aromatic rings. The van der Waals surface area contributed by atoms with Crippen LogP contribution in [0.3, 0.4) is 0 Å². The van der Waals surface area contributed by atoms with Gasteiger partial charge in [0.1, 0.15) is 5.75 Å². The Morgan fingerprint density at radius 1 is 0.846 bits per heavy atom. The first-order valence-electron chi connectivity index (χ1n) is 7.98. The summed E-state index contributed by atoms with van der Waals surface area (Å²) < 4.78 is 5.32. The Morgan fingerprint density at radius 2 is 1.46 bits per heavy atom. The summed E-state index contributed by atoms with van der Waals surface area (Å²) in [5, 5.41) is 9.42. The molecular formula is C20H18ClN3O2. The topological polar surface area (TPSA) is 62.4 Å². The van der Waals surface area contributed by atoms with Gasteiger partial charge in [0.25, 0.3) is 0 Å². The lowest BCUT2D eigenvalue weighted by atomic mass is 10.2. The van der Waals surface area contributed by atoms with Crippen molar-refractivity contribution in [2.75, 3.05) is 23.1 Å². The zero-order valence-corrected chi connectivity index (χ0v) is 14.9. The number of anilines is 4. The van der Waals surface area contributed by atoms with Crippen molar-refractivity contribution in [2.24, 2.45) is 0 Å². The molecule has 0 saturated carbocycles. The molecule has 0 radical (unpaired) electrons. The Bertz CT molecular complexity index is 883. The van der Waals surface area contributed by atoms with Crippen molar-refractivity contribution in [1.29, 1.82) is 0 Å². The van der Waals surface area contributed by atoms with Gasteiger partial charge in [0.2, 0.25) is 0 Å². The number of amides is 2. The van der Waals surface area contributed by atoms with Gasteiger partial charge in [-0.05, 0) is 54.6 Å². The first kappa shape index (κ1) is 17.6. The number of nitrogens with one attached hydrogen (secondary N) is 3. The number of rotatable bonds is 5. The Kier molecular flexibility index (Phi) is 5.61. The van der Waals surface area contributed by atoms with Gasteiger partial charge < -0.3 is 20.7 Å². The van der Waals surface area contributed by atoms with Gasteiger partial charge in [-0.2, -0.15) is 0 Å². The summed E-state index contributed by atoms with van der Waals surface area (Å²) >= 11 is 6.04. The Hall–Kier alpha value is -3.18. The van der Waals surface area contributed by atoms with Gasteiger partial charge in [0.15, 0.2) is 0 Å². The molecule has 26 heavy (non-hydrogen) atoms. The van der Waals surface area contributed by atoms with Gasteiger partial charge in [-0.15, -0.1) is 0 Å². The van der Waals surface area contributed by atoms with Gasteiger partial charge in [0, 0.05) is 22.1 Å². The van der Waals surface area contributed by atoms with Crippen molar-refractivity contribution in [1.82, 2.24) is 0 Å². The number of methoxy groups -OCH3 is 1. The number of carbonyl (C=O) groups excluding carboxylic acids is 1. The second-order valence-electron chi connectivity index (χ2n) is 5.49. The first-order valence-corrected chi connectivity index (χ1v) is 8.35. The van der Waals surface area contributed by atoms with E-state index in [1.54, 1.807) is 25.3 Å². The van der Waals surface area contributed by atoms with Crippen LogP contribution in [0.15, 0.2) is 72.8 Å². The number of hydrogen-bond donors (Lipinski definition) is 3. The highest BCUT2D eigenvalue weighted by molar-refractivity contribution is 6.31. The molecule has 0 heterocycles. The van der Waals surface area contributed by atoms with Crippen LogP contribution in [0.2, 0.25) is 5.02 Å². The summed E-state index contributed by atoms with van der Waals surface area (Å²) in [7, 11) is 1.60. The van der Waals surface area contributed by atoms with Gasteiger partial charge in [-0.1, -0.05) is 29.8 Å². The molecule has 5 nitrogen and oxygen atoms in total. The molecule has 0 aromatic heterocycles. The van der Waals surface area contributed by atoms with E-state index in [0.717, 1.165) is 17.1 Å². The second kappa shape index (κ2) is 8.27. The Morgan fingerprint density at radius 3 is 2.12 bits per heavy atom. The molecule has 3 aromatic carbocycles. The van der Waals surface area contributed by atoms with Crippen LogP contribution < -0.4 is 20.7 Å². The third-order valence-corrected chi connectivity index (χ3v) is 3.85. The normalized spacial score (nSPS) is 10.1. The average molecular weight is 368 g/mol. The number of carbonyl (C=O) groups is 1. The minimum Gasteiger partial charge on any atom is -0.495 e. The third kappa shape index (κ3) is 4.68. The van der Waals surface area contributed by atoms with Crippen LogP contribution in [0.1, 0.15) is 0 Å². The lowest BCUT2D eigenvalue weighted by Crippen LogP contribution is -2.19. The Balaban J connectivity index is 1.63. The van der Waals surface area contributed by atoms with Crippen molar-refractivity contribution in [3.8, 4) is 5.75 Å². The van der Waals surface area contributed by atoms with E-state index in [1.807, 2.05) is 54.6 Å². The lowest BCUT2D eigenvalue weighted by molar-refractivity contribution is 0.262. The second-order valence-corrected chi connectivity index (χ2v) is 5.93. The number of para-hydroxylation sites is 1. The molecule has 0 aliphatic heterocycles. The fourth-order valence-corrected chi connectivity index (χ4v) is 2.56. The molecule has 0 saturated heterocycles. The zero-order chi connectivity index (χ0) is 18.4. The highest BCUT2D eigenvalue weighted by Gasteiger charge is 2.06. The van der Waals surface area contributed by atoms with Crippen LogP contribution >= 0.6 is 11.6 Å². The number of ether oxygens (including phenoxy) is 1. The average Bonchev–Trinajstić information content (AvgIpc) is 2.64. The van der Waals surface area contributed by atoms with Crippen molar-refractivity contribution < 1.29 is 9.53 Å². The van der Waals surface area contributed by atoms with Crippen molar-refractivity contribution in [3.05, 3.63) is 77.8 Å². The minimum atomic E-state index is -0.298. The predicted molar refractivity (Wildman–Crippen MR) is 107 cm³/mol. The zero-order valence-electron chi connectivity index (χ0n) is 14.1. The van der Waals surface area contributed by atoms with Crippen LogP contribution in [0.25, 0.3) is 0 Å². The van der Waals surface area contributed by atoms with Gasteiger partial charge in [0.05, 0.1) is 12.8 Å². The van der Waals surface area contributed by atoms with E-state index in [1.165, 1.54) is 0 Å². The Labute approximate surface area is 157 Å². The van der Waals surface area contributed by atoms with Crippen LogP contribution in [-0.2, 0) is 0 Å². The molecule has 3 N–H and O–H groups in total. The first-order chi connectivity index (χ1) is 12.6. The summed E-state index contributed by atoms with van der Waals surface area (Å²) in [6.45, 7) is 0. The molecular weight excluding hydrogens is 350 g/mol. The van der Waals surface area contributed by atoms with Crippen LogP contribution in [0.4, 0.5) is 27.5 Å². The molecule has 0 aliphatic carbocycles. The molecule has 0 fully saturated rings. The van der Waals surface area contributed by atoms with E-state index in [2.05, 4.69) is 16.0 Å². The van der Waals surface area contributed by atoms with E-state index in [9.17, 15) is 4.79 Å². The summed E-state index contributed by atoms with van der Waals surface area (Å²) in [5.74, 6) is 0.693. The number of hydrogen-bond acceptors (Lipinski definition) is 3. The van der Waals surface area contributed by atoms with Gasteiger partial charge >= 0.3 is 6.03 Å². The maximum absolute atomic E-state index is 12.0. The largest absolute Gasteiger partial charge is 0.495 e. The fraction of sp³-hybridized carbons (Fsp3) is 0.0500. The van der Waals surface area contributed by atoms with E-state index >= 15 is 0 Å². The molecule has 132 valence electrons. The molecule has 0 spiro atoms. The molecule has 0 unspecified atom stereocenters. The quantitative estimate of drug-likeness (QED) is 0.539. The monoisotopic (exact) mass is 367 g/mol. The van der Waals surface area contributed by atoms with Crippen molar-refractivity contribution in [2.45, 2.75) is 0 Å². The number of benzene rings is 3. The van der Waals surface area contributed by atoms with Crippen LogP contribution in [0, 0.1) is 0 Å². The SMILES string of the molecule is COc1ccc(Cl)cc1Nc1ccc(NC(=O)Nc2ccccc2)cc1. The van der Waals surface area contributed by atoms with Crippen LogP contribution in [-0.4, -0.2) is 13.1 Å². The van der Waals surface area contributed by atoms with Gasteiger partial charge in [-0.25, -0.2) is 4.79 Å². The van der Waals surface area contributed by atoms with Crippen LogP contribution in [0.5, 0.6) is 5.75 Å². The summed E-state index contributed by atoms with van der Waals surface area (Å²) in [6, 6.07) is 21.7. The maximum Gasteiger partial charge on any atom is 0.323 e. The van der Waals surface area contributed by atoms with E-state index in [4.69, 9.17) is 16.3 Å². The van der Waals surface area contributed by atoms with Crippen molar-refractivity contribution >= 4 is 40.4 Å². The molecule has 0 bridgehead atoms. The van der Waals surface area contributed by atoms with E-state index < -0.39 is 0 Å². The summed E-state index contributed by atoms with van der Waals surface area (Å²) in [4.78, 5) is 12.0. The molecule has 0 atom stereocenters. The summed E-state index contributed by atoms with van der Waals surface area (Å²) in [6.07, 6.45) is 0. The highest BCUT2D eigenvalue weighted by Crippen LogP contribution is 2.30. The third-order valence-electron chi connectivity index (χ3n) is 3.61. The molecule has 0 aliphatic rings. The van der Waals surface area contributed by atoms with Crippen molar-refractivity contribution in [3.63, 3.8) is 0 Å². The molecule has 2 amide bonds. The van der Waals surface area contributed by atoms with E-state index in [-0.39, 0.29) is 6.03 Å². The van der Waals surface area contributed by atoms with E-state index in [0.29, 0.717) is 16.5 Å². The molecule has 6 heteroatoms.